The Morgan fingerprint density at radius 2 is 2.23 bits per heavy atom. The van der Waals surface area contributed by atoms with Crippen molar-refractivity contribution in [3.8, 4) is 0 Å². The Morgan fingerprint density at radius 3 is 2.77 bits per heavy atom. The van der Waals surface area contributed by atoms with Gasteiger partial charge in [-0.15, -0.1) is 0 Å². The van der Waals surface area contributed by atoms with E-state index < -0.39 is 0 Å². The summed E-state index contributed by atoms with van der Waals surface area (Å²) < 4.78 is 7.65. The third-order valence-electron chi connectivity index (χ3n) is 5.37. The highest BCUT2D eigenvalue weighted by Gasteiger charge is 2.58. The smallest absolute Gasteiger partial charge is 0.315 e. The zero-order chi connectivity index (χ0) is 16.4. The van der Waals surface area contributed by atoms with E-state index in [1.165, 1.54) is 0 Å². The lowest BCUT2D eigenvalue weighted by molar-refractivity contribution is -0.177. The van der Waals surface area contributed by atoms with Crippen molar-refractivity contribution in [2.24, 2.45) is 5.41 Å². The molecule has 0 spiro atoms. The lowest BCUT2D eigenvalue weighted by Gasteiger charge is -2.59. The molecule has 2 amide bonds. The minimum absolute atomic E-state index is 0.0625. The number of carbonyl (C=O) groups excluding carboxylic acids is 1. The first-order valence-electron chi connectivity index (χ1n) is 7.87. The Kier molecular flexibility index (Phi) is 4.80. The molecule has 0 unspecified atom stereocenters. The first-order chi connectivity index (χ1) is 10.3. The molecule has 6 heteroatoms. The fourth-order valence-corrected chi connectivity index (χ4v) is 3.02. The molecule has 124 valence electrons. The van der Waals surface area contributed by atoms with Gasteiger partial charge in [0.15, 0.2) is 0 Å². The van der Waals surface area contributed by atoms with Crippen molar-refractivity contribution in [2.75, 3.05) is 13.7 Å². The maximum absolute atomic E-state index is 12.0. The number of urea groups is 1. The summed E-state index contributed by atoms with van der Waals surface area (Å²) in [6.07, 6.45) is 5.48. The summed E-state index contributed by atoms with van der Waals surface area (Å²) >= 11 is 0. The van der Waals surface area contributed by atoms with Crippen LogP contribution in [0.5, 0.6) is 0 Å². The van der Waals surface area contributed by atoms with E-state index in [1.807, 2.05) is 13.1 Å². The number of carbonyl (C=O) groups is 1. The van der Waals surface area contributed by atoms with Crippen LogP contribution in [0.15, 0.2) is 12.4 Å². The van der Waals surface area contributed by atoms with Crippen molar-refractivity contribution in [2.45, 2.75) is 58.7 Å². The third kappa shape index (κ3) is 3.11. The molecule has 2 atom stereocenters. The molecular formula is C16H28N4O2. The number of aryl methyl sites for hydroxylation is 2. The van der Waals surface area contributed by atoms with E-state index >= 15 is 0 Å². The molecule has 0 aromatic carbocycles. The van der Waals surface area contributed by atoms with E-state index in [1.54, 1.807) is 13.3 Å². The Labute approximate surface area is 132 Å². The Morgan fingerprint density at radius 1 is 1.50 bits per heavy atom. The molecule has 1 saturated carbocycles. The molecule has 6 nitrogen and oxygen atoms in total. The summed E-state index contributed by atoms with van der Waals surface area (Å²) in [7, 11) is 1.73. The number of nitrogens with zero attached hydrogens (tertiary/aromatic N) is 2. The van der Waals surface area contributed by atoms with Crippen molar-refractivity contribution in [3.63, 3.8) is 0 Å². The summed E-state index contributed by atoms with van der Waals surface area (Å²) in [5.41, 5.74) is -0.225. The molecule has 1 aromatic rings. The molecular weight excluding hydrogens is 280 g/mol. The van der Waals surface area contributed by atoms with Gasteiger partial charge in [0, 0.05) is 44.0 Å². The van der Waals surface area contributed by atoms with E-state index in [2.05, 4.69) is 41.0 Å². The summed E-state index contributed by atoms with van der Waals surface area (Å²) in [5, 5.41) is 5.97. The van der Waals surface area contributed by atoms with E-state index in [-0.39, 0.29) is 23.1 Å². The van der Waals surface area contributed by atoms with Crippen LogP contribution in [0.1, 0.15) is 39.4 Å². The molecule has 1 aliphatic carbocycles. The fraction of sp³-hybridized carbons (Fsp3) is 0.750. The van der Waals surface area contributed by atoms with Crippen LogP contribution >= 0.6 is 0 Å². The van der Waals surface area contributed by atoms with Crippen molar-refractivity contribution < 1.29 is 9.53 Å². The van der Waals surface area contributed by atoms with E-state index in [0.29, 0.717) is 6.54 Å². The van der Waals surface area contributed by atoms with Gasteiger partial charge in [0.25, 0.3) is 0 Å². The van der Waals surface area contributed by atoms with Gasteiger partial charge in [0.1, 0.15) is 5.82 Å². The SMILES string of the molecule is CO[C@@]1(C)C[C@H](NC(=O)NCCCn2ccnc2C)C1(C)C. The van der Waals surface area contributed by atoms with E-state index in [0.717, 1.165) is 25.2 Å². The van der Waals surface area contributed by atoms with Crippen LogP contribution in [-0.2, 0) is 11.3 Å². The van der Waals surface area contributed by atoms with Gasteiger partial charge in [-0.1, -0.05) is 13.8 Å². The second-order valence-corrected chi connectivity index (χ2v) is 6.84. The van der Waals surface area contributed by atoms with Crippen molar-refractivity contribution >= 4 is 6.03 Å². The number of nitrogens with one attached hydrogen (secondary N) is 2. The topological polar surface area (TPSA) is 68.2 Å². The van der Waals surface area contributed by atoms with Crippen molar-refractivity contribution in [1.82, 2.24) is 20.2 Å². The van der Waals surface area contributed by atoms with Crippen LogP contribution in [0.2, 0.25) is 0 Å². The molecule has 2 rings (SSSR count). The molecule has 0 radical (unpaired) electrons. The van der Waals surface area contributed by atoms with Crippen molar-refractivity contribution in [3.05, 3.63) is 18.2 Å². The van der Waals surface area contributed by atoms with Crippen LogP contribution in [0.4, 0.5) is 4.79 Å². The number of rotatable bonds is 6. The lowest BCUT2D eigenvalue weighted by Crippen LogP contribution is -2.69. The van der Waals surface area contributed by atoms with Gasteiger partial charge in [-0.25, -0.2) is 9.78 Å². The minimum Gasteiger partial charge on any atom is -0.378 e. The maximum atomic E-state index is 12.0. The zero-order valence-electron chi connectivity index (χ0n) is 14.3. The number of imidazole rings is 1. The Balaban J connectivity index is 1.68. The monoisotopic (exact) mass is 308 g/mol. The van der Waals surface area contributed by atoms with Crippen LogP contribution in [0, 0.1) is 12.3 Å². The summed E-state index contributed by atoms with van der Waals surface area (Å²) in [6.45, 7) is 9.85. The molecule has 1 fully saturated rings. The minimum atomic E-state index is -0.163. The van der Waals surface area contributed by atoms with Crippen LogP contribution < -0.4 is 10.6 Å². The van der Waals surface area contributed by atoms with Crippen LogP contribution in [0.25, 0.3) is 0 Å². The maximum Gasteiger partial charge on any atom is 0.315 e. The highest BCUT2D eigenvalue weighted by molar-refractivity contribution is 5.74. The predicted molar refractivity (Wildman–Crippen MR) is 85.7 cm³/mol. The molecule has 22 heavy (non-hydrogen) atoms. The van der Waals surface area contributed by atoms with Crippen molar-refractivity contribution in [1.29, 1.82) is 0 Å². The average molecular weight is 308 g/mol. The molecule has 1 heterocycles. The van der Waals surface area contributed by atoms with Gasteiger partial charge in [-0.2, -0.15) is 0 Å². The Hall–Kier alpha value is -1.56. The van der Waals surface area contributed by atoms with Crippen LogP contribution in [0.3, 0.4) is 0 Å². The number of aromatic nitrogens is 2. The molecule has 0 saturated heterocycles. The molecule has 0 bridgehead atoms. The van der Waals surface area contributed by atoms with Gasteiger partial charge >= 0.3 is 6.03 Å². The summed E-state index contributed by atoms with van der Waals surface area (Å²) in [6, 6.07) is 0.0481. The Bertz CT molecular complexity index is 526. The first kappa shape index (κ1) is 16.8. The zero-order valence-corrected chi connectivity index (χ0v) is 14.3. The molecule has 1 aromatic heterocycles. The standard InChI is InChI=1S/C16H28N4O2/c1-12-17-8-10-20(12)9-6-7-18-14(21)19-13-11-16(4,22-5)15(13,2)3/h8,10,13H,6-7,9,11H2,1-5H3,(H2,18,19,21)/t13-,16-/m0/s1. The first-order valence-corrected chi connectivity index (χ1v) is 7.87. The molecule has 1 aliphatic rings. The number of amides is 2. The molecule has 2 N–H and O–H groups in total. The fourth-order valence-electron chi connectivity index (χ4n) is 3.02. The highest BCUT2D eigenvalue weighted by Crippen LogP contribution is 2.51. The van der Waals surface area contributed by atoms with Gasteiger partial charge in [-0.05, 0) is 26.7 Å². The average Bonchev–Trinajstić information content (AvgIpc) is 2.88. The number of ether oxygens (including phenoxy) is 1. The molecule has 0 aliphatic heterocycles. The summed E-state index contributed by atoms with van der Waals surface area (Å²) in [4.78, 5) is 16.2. The van der Waals surface area contributed by atoms with Gasteiger partial charge < -0.3 is 19.9 Å². The number of hydrogen-bond donors (Lipinski definition) is 2. The normalized spacial score (nSPS) is 26.3. The lowest BCUT2D eigenvalue weighted by atomic mass is 9.56. The van der Waals surface area contributed by atoms with Gasteiger partial charge in [0.05, 0.1) is 5.60 Å². The third-order valence-corrected chi connectivity index (χ3v) is 5.37. The number of hydrogen-bond acceptors (Lipinski definition) is 3. The summed E-state index contributed by atoms with van der Waals surface area (Å²) in [5.74, 6) is 1.000. The largest absolute Gasteiger partial charge is 0.378 e. The van der Waals surface area contributed by atoms with Gasteiger partial charge in [-0.3, -0.25) is 0 Å². The number of methoxy groups -OCH3 is 1. The second-order valence-electron chi connectivity index (χ2n) is 6.84. The quantitative estimate of drug-likeness (QED) is 0.791. The predicted octanol–water partition coefficient (Wildman–Crippen LogP) is 2.08. The van der Waals surface area contributed by atoms with Gasteiger partial charge in [0.2, 0.25) is 0 Å². The van der Waals surface area contributed by atoms with E-state index in [4.69, 9.17) is 4.74 Å². The highest BCUT2D eigenvalue weighted by atomic mass is 16.5. The van der Waals surface area contributed by atoms with Crippen LogP contribution in [-0.4, -0.2) is 40.9 Å². The van der Waals surface area contributed by atoms with E-state index in [9.17, 15) is 4.79 Å². The second kappa shape index (κ2) is 6.28.